The van der Waals surface area contributed by atoms with E-state index in [1.54, 1.807) is 0 Å². The molecule has 0 aliphatic carbocycles. The smallest absolute Gasteiger partial charge is 0.0114 e. The second-order valence-electron chi connectivity index (χ2n) is 8.86. The van der Waals surface area contributed by atoms with E-state index in [2.05, 4.69) is 38.1 Å². The standard InChI is InChI=1S/C28H49/c1-3-5-7-9-11-13-15-17-19-22-27-24-21-25-28(26-27)23-20-18-16-14-12-10-8-6-4-2/h21,24-25H,3-20,22-23H2,1-2H3. The molecule has 0 N–H and O–H groups in total. The van der Waals surface area contributed by atoms with Crippen molar-refractivity contribution >= 4 is 0 Å². The first-order valence-electron chi connectivity index (χ1n) is 12.9. The third kappa shape index (κ3) is 15.2. The molecule has 0 unspecified atom stereocenters. The van der Waals surface area contributed by atoms with Gasteiger partial charge < -0.3 is 0 Å². The topological polar surface area (TPSA) is 0 Å². The lowest BCUT2D eigenvalue weighted by atomic mass is 9.99. The molecule has 0 bridgehead atoms. The van der Waals surface area contributed by atoms with Crippen molar-refractivity contribution < 1.29 is 0 Å². The number of aryl methyl sites for hydroxylation is 2. The average molecular weight is 386 g/mol. The van der Waals surface area contributed by atoms with Crippen LogP contribution in [0.1, 0.15) is 141 Å². The maximum Gasteiger partial charge on any atom is -0.0114 e. The van der Waals surface area contributed by atoms with Crippen molar-refractivity contribution in [3.63, 3.8) is 0 Å². The van der Waals surface area contributed by atoms with Crippen LogP contribution in [0.25, 0.3) is 0 Å². The van der Waals surface area contributed by atoms with Crippen LogP contribution in [0.3, 0.4) is 0 Å². The maximum absolute atomic E-state index is 3.69. The van der Waals surface area contributed by atoms with E-state index in [1.807, 2.05) is 0 Å². The van der Waals surface area contributed by atoms with Gasteiger partial charge in [0, 0.05) is 0 Å². The molecule has 0 spiro atoms. The van der Waals surface area contributed by atoms with Gasteiger partial charge in [0.15, 0.2) is 0 Å². The molecule has 0 heteroatoms. The summed E-state index contributed by atoms with van der Waals surface area (Å²) in [5, 5.41) is 0. The van der Waals surface area contributed by atoms with E-state index in [4.69, 9.17) is 0 Å². The first-order chi connectivity index (χ1) is 13.9. The SMILES string of the molecule is CCCCCCCCCCCc1[c]c(CCCCCCCCCCC)ccc1. The molecule has 0 fully saturated rings. The van der Waals surface area contributed by atoms with Gasteiger partial charge in [-0.2, -0.15) is 0 Å². The van der Waals surface area contributed by atoms with Crippen LogP contribution in [-0.4, -0.2) is 0 Å². The van der Waals surface area contributed by atoms with Crippen LogP contribution in [0.15, 0.2) is 18.2 Å². The van der Waals surface area contributed by atoms with Gasteiger partial charge in [-0.25, -0.2) is 0 Å². The van der Waals surface area contributed by atoms with Gasteiger partial charge in [0.1, 0.15) is 0 Å². The molecular weight excluding hydrogens is 336 g/mol. The Balaban J connectivity index is 2.00. The summed E-state index contributed by atoms with van der Waals surface area (Å²) in [4.78, 5) is 0. The molecule has 0 nitrogen and oxygen atoms in total. The zero-order chi connectivity index (χ0) is 20.1. The van der Waals surface area contributed by atoms with E-state index >= 15 is 0 Å². The molecule has 1 aromatic rings. The second kappa shape index (κ2) is 19.5. The molecule has 0 amide bonds. The minimum Gasteiger partial charge on any atom is -0.0654 e. The van der Waals surface area contributed by atoms with Crippen LogP contribution in [0.4, 0.5) is 0 Å². The highest BCUT2D eigenvalue weighted by molar-refractivity contribution is 5.22. The third-order valence-corrected chi connectivity index (χ3v) is 6.02. The number of hydrogen-bond donors (Lipinski definition) is 0. The number of rotatable bonds is 20. The Morgan fingerprint density at radius 2 is 0.786 bits per heavy atom. The number of hydrogen-bond acceptors (Lipinski definition) is 0. The van der Waals surface area contributed by atoms with E-state index in [-0.39, 0.29) is 0 Å². The predicted molar refractivity (Wildman–Crippen MR) is 127 cm³/mol. The first-order valence-corrected chi connectivity index (χ1v) is 12.9. The van der Waals surface area contributed by atoms with Crippen LogP contribution in [0.5, 0.6) is 0 Å². The van der Waals surface area contributed by atoms with Crippen LogP contribution in [-0.2, 0) is 12.8 Å². The van der Waals surface area contributed by atoms with Crippen LogP contribution >= 0.6 is 0 Å². The summed E-state index contributed by atoms with van der Waals surface area (Å²) < 4.78 is 0. The Morgan fingerprint density at radius 3 is 1.14 bits per heavy atom. The van der Waals surface area contributed by atoms with E-state index in [0.717, 1.165) is 0 Å². The zero-order valence-corrected chi connectivity index (χ0v) is 19.4. The Labute approximate surface area is 177 Å². The van der Waals surface area contributed by atoms with Gasteiger partial charge in [-0.1, -0.05) is 135 Å². The van der Waals surface area contributed by atoms with Gasteiger partial charge >= 0.3 is 0 Å². The highest BCUT2D eigenvalue weighted by Gasteiger charge is 1.99. The first kappa shape index (κ1) is 25.3. The maximum atomic E-state index is 3.69. The third-order valence-electron chi connectivity index (χ3n) is 6.02. The van der Waals surface area contributed by atoms with Crippen molar-refractivity contribution in [2.75, 3.05) is 0 Å². The Kier molecular flexibility index (Phi) is 17.6. The Morgan fingerprint density at radius 1 is 0.464 bits per heavy atom. The van der Waals surface area contributed by atoms with E-state index in [9.17, 15) is 0 Å². The van der Waals surface area contributed by atoms with Gasteiger partial charge in [0.05, 0.1) is 0 Å². The summed E-state index contributed by atoms with van der Waals surface area (Å²) in [5.74, 6) is 0. The Bertz CT molecular complexity index is 396. The summed E-state index contributed by atoms with van der Waals surface area (Å²) >= 11 is 0. The fourth-order valence-corrected chi connectivity index (χ4v) is 4.11. The minimum absolute atomic E-state index is 1.22. The van der Waals surface area contributed by atoms with Crippen LogP contribution < -0.4 is 0 Å². The van der Waals surface area contributed by atoms with E-state index in [1.165, 1.54) is 140 Å². The van der Waals surface area contributed by atoms with Crippen LogP contribution in [0, 0.1) is 6.07 Å². The molecule has 0 saturated carbocycles. The van der Waals surface area contributed by atoms with E-state index in [0.29, 0.717) is 0 Å². The molecule has 1 radical (unpaired) electrons. The molecule has 1 aromatic carbocycles. The summed E-state index contributed by atoms with van der Waals surface area (Å²) in [6, 6.07) is 10.5. The number of benzene rings is 1. The lowest BCUT2D eigenvalue weighted by molar-refractivity contribution is 0.563. The van der Waals surface area contributed by atoms with Crippen molar-refractivity contribution in [1.82, 2.24) is 0 Å². The molecular formula is C28H49. The molecule has 0 aliphatic rings. The predicted octanol–water partition coefficient (Wildman–Crippen LogP) is 9.63. The molecule has 0 atom stereocenters. The minimum atomic E-state index is 1.22. The summed E-state index contributed by atoms with van der Waals surface area (Å²) in [7, 11) is 0. The molecule has 0 saturated heterocycles. The van der Waals surface area contributed by atoms with Gasteiger partial charge in [0.25, 0.3) is 0 Å². The van der Waals surface area contributed by atoms with Gasteiger partial charge in [-0.3, -0.25) is 0 Å². The largest absolute Gasteiger partial charge is 0.0654 e. The fourth-order valence-electron chi connectivity index (χ4n) is 4.11. The highest BCUT2D eigenvalue weighted by atomic mass is 14.0. The second-order valence-corrected chi connectivity index (χ2v) is 8.86. The number of unbranched alkanes of at least 4 members (excludes halogenated alkanes) is 16. The quantitative estimate of drug-likeness (QED) is 0.196. The molecule has 1 rings (SSSR count). The normalized spacial score (nSPS) is 11.2. The molecule has 161 valence electrons. The van der Waals surface area contributed by atoms with Gasteiger partial charge in [-0.05, 0) is 42.9 Å². The van der Waals surface area contributed by atoms with Crippen molar-refractivity contribution in [3.05, 3.63) is 35.4 Å². The van der Waals surface area contributed by atoms with Crippen molar-refractivity contribution in [2.24, 2.45) is 0 Å². The summed E-state index contributed by atoms with van der Waals surface area (Å²) in [6.45, 7) is 4.59. The highest BCUT2D eigenvalue weighted by Crippen LogP contribution is 2.15. The average Bonchev–Trinajstić information content (AvgIpc) is 2.72. The molecule has 0 heterocycles. The van der Waals surface area contributed by atoms with Crippen molar-refractivity contribution in [2.45, 2.75) is 142 Å². The fraction of sp³-hybridized carbons (Fsp3) is 0.786. The molecule has 0 aromatic heterocycles. The Hall–Kier alpha value is -0.780. The zero-order valence-electron chi connectivity index (χ0n) is 19.4. The van der Waals surface area contributed by atoms with E-state index < -0.39 is 0 Å². The summed E-state index contributed by atoms with van der Waals surface area (Å²) in [6.07, 6.45) is 27.9. The van der Waals surface area contributed by atoms with Gasteiger partial charge in [-0.15, -0.1) is 0 Å². The summed E-state index contributed by atoms with van der Waals surface area (Å²) in [5.41, 5.74) is 2.88. The lowest BCUT2D eigenvalue weighted by Gasteiger charge is -2.06. The van der Waals surface area contributed by atoms with Gasteiger partial charge in [0.2, 0.25) is 0 Å². The van der Waals surface area contributed by atoms with Crippen molar-refractivity contribution in [3.8, 4) is 0 Å². The molecule has 0 aliphatic heterocycles. The molecule has 28 heavy (non-hydrogen) atoms. The van der Waals surface area contributed by atoms with Crippen LogP contribution in [0.2, 0.25) is 0 Å². The lowest BCUT2D eigenvalue weighted by Crippen LogP contribution is -1.92. The monoisotopic (exact) mass is 385 g/mol. The van der Waals surface area contributed by atoms with Crippen molar-refractivity contribution in [1.29, 1.82) is 0 Å².